The standard InChI is InChI=1S/C19H27F3N2O4S.C16H34N2OSi.C12H26O4SSi.C11H24O2Si.C5H12N2.C5H10O2/c1-14-11-23(12-18(13-25)7-8-18)9-10-24(14)29(27,28)16-5-3-15(4-6-16)17(2,26)19(20,21)22;1-14-11-18(10-9-17-14)12-16(7-8-16)13-19-20(5,6)15(2,3)4;1-11(2,3)18(5,6)16-10-12(7-8-12)9-15-17(4,13)14;1-10(2,3)14(4,5)13-9-11(8-12)6-7-11;1-5-4-6-2-3-7-5;6-3-5(4-7)1-2-5/h3-6,14,25-26H,7-13H2,1-2H3;14,17H,7-13H2,1-6H3;7-10H2,1-6H3;12H,6-9H2,1-5H3;5-7H,2-4H2,1H3;6-7H,1-4H2/t14-,17?;14-;;;5-;/m11..1./s1. The number of sulfonamides is 1. The summed E-state index contributed by atoms with van der Waals surface area (Å²) in [6, 6.07) is 5.22. The lowest BCUT2D eigenvalue weighted by molar-refractivity contribution is -0.258. The number of rotatable bonds is 23. The molecule has 8 fully saturated rings. The summed E-state index contributed by atoms with van der Waals surface area (Å²) < 4.78 is 112. The van der Waals surface area contributed by atoms with Crippen molar-refractivity contribution in [3.8, 4) is 0 Å². The summed E-state index contributed by atoms with van der Waals surface area (Å²) in [4.78, 5) is 4.70. The summed E-state index contributed by atoms with van der Waals surface area (Å²) in [5.41, 5.74) is -3.02. The molecule has 0 amide bonds. The highest BCUT2D eigenvalue weighted by Crippen LogP contribution is 2.51. The topological polar surface area (TPSA) is 252 Å². The van der Waals surface area contributed by atoms with Crippen molar-refractivity contribution in [1.29, 1.82) is 0 Å². The Balaban J connectivity index is 0.000000258. The van der Waals surface area contributed by atoms with E-state index in [1.165, 1.54) is 36.8 Å². The van der Waals surface area contributed by atoms with E-state index >= 15 is 0 Å². The summed E-state index contributed by atoms with van der Waals surface area (Å²) in [5.74, 6) is 0. The Morgan fingerprint density at radius 1 is 0.526 bits per heavy atom. The van der Waals surface area contributed by atoms with E-state index in [-0.39, 0.29) is 75.6 Å². The lowest BCUT2D eigenvalue weighted by atomic mass is 9.96. The first-order valence-electron chi connectivity index (χ1n) is 35.0. The average molecular weight is 1450 g/mol. The number of nitrogens with zero attached hydrogens (tertiary/aromatic N) is 3. The zero-order chi connectivity index (χ0) is 72.4. The van der Waals surface area contributed by atoms with Crippen LogP contribution in [0.3, 0.4) is 0 Å². The Bertz CT molecular complexity index is 2720. The van der Waals surface area contributed by atoms with Crippen LogP contribution < -0.4 is 16.0 Å². The van der Waals surface area contributed by atoms with Gasteiger partial charge >= 0.3 is 6.18 Å². The third-order valence-electron chi connectivity index (χ3n) is 22.4. The SMILES string of the molecule is CC(C)(C)[Si](C)(C)OCC1(CO)CC1.CC(C)(C)[Si](C)(C)OCC1(COS(C)(=O)=O)CC1.C[C@@H]1CN(CC2(CO)CC2)CCN1S(=O)(=O)c1ccc(C(C)(O)C(F)(F)F)cc1.C[C@@H]1CN(CC2(CO[Si](C)(C)C(C)(C)C)CC2)CCN1.C[C@@H]1CNCCN1.OCC1(CO)CC1. The van der Waals surface area contributed by atoms with Crippen LogP contribution in [0.25, 0.3) is 0 Å². The molecule has 19 nitrogen and oxygen atoms in total. The first-order chi connectivity index (χ1) is 43.3. The quantitative estimate of drug-likeness (QED) is 0.0375. The van der Waals surface area contributed by atoms with Crippen molar-refractivity contribution >= 4 is 45.1 Å². The molecule has 5 aliphatic carbocycles. The fraction of sp³-hybridized carbons (Fsp3) is 0.912. The van der Waals surface area contributed by atoms with Crippen molar-refractivity contribution in [2.75, 3.05) is 131 Å². The van der Waals surface area contributed by atoms with Gasteiger partial charge in [-0.1, -0.05) is 74.4 Å². The van der Waals surface area contributed by atoms with Crippen LogP contribution >= 0.6 is 0 Å². The molecular formula is C68H133F3N6O13S2Si3. The van der Waals surface area contributed by atoms with Crippen molar-refractivity contribution in [3.63, 3.8) is 0 Å². The molecule has 3 saturated heterocycles. The second kappa shape index (κ2) is 33.6. The van der Waals surface area contributed by atoms with Crippen LogP contribution in [0.5, 0.6) is 0 Å². The Labute approximate surface area is 576 Å². The lowest BCUT2D eigenvalue weighted by Gasteiger charge is -2.40. The van der Waals surface area contributed by atoms with Crippen LogP contribution in [0.1, 0.15) is 160 Å². The van der Waals surface area contributed by atoms with Gasteiger partial charge in [0.25, 0.3) is 10.1 Å². The smallest absolute Gasteiger partial charge is 0.416 e. The Hall–Kier alpha value is -1.04. The van der Waals surface area contributed by atoms with Gasteiger partial charge in [0.15, 0.2) is 30.6 Å². The van der Waals surface area contributed by atoms with E-state index in [9.17, 15) is 45.3 Å². The summed E-state index contributed by atoms with van der Waals surface area (Å²) in [6.45, 7) is 54.5. The van der Waals surface area contributed by atoms with Gasteiger partial charge in [-0.15, -0.1) is 0 Å². The van der Waals surface area contributed by atoms with Crippen molar-refractivity contribution in [1.82, 2.24) is 30.1 Å². The van der Waals surface area contributed by atoms with Gasteiger partial charge in [0, 0.05) is 144 Å². The van der Waals surface area contributed by atoms with E-state index < -0.39 is 62.4 Å². The highest BCUT2D eigenvalue weighted by atomic mass is 32.2. The Morgan fingerprint density at radius 2 is 0.926 bits per heavy atom. The first-order valence-corrected chi connectivity index (χ1v) is 47.0. The third-order valence-corrected chi connectivity index (χ3v) is 38.4. The molecule has 3 heterocycles. The van der Waals surface area contributed by atoms with Gasteiger partial charge in [0.2, 0.25) is 10.0 Å². The van der Waals surface area contributed by atoms with Gasteiger partial charge in [-0.05, 0) is 164 Å². The van der Waals surface area contributed by atoms with Gasteiger partial charge in [0.05, 0.1) is 37.6 Å². The molecule has 1 aromatic carbocycles. The second-order valence-electron chi connectivity index (χ2n) is 34.7. The predicted molar refractivity (Wildman–Crippen MR) is 383 cm³/mol. The van der Waals surface area contributed by atoms with E-state index in [1.54, 1.807) is 6.92 Å². The van der Waals surface area contributed by atoms with Crippen LogP contribution in [-0.4, -0.2) is 237 Å². The molecule has 1 unspecified atom stereocenters. The molecule has 8 aliphatic rings. The zero-order valence-electron chi connectivity index (χ0n) is 62.3. The van der Waals surface area contributed by atoms with Crippen molar-refractivity contribution < 1.29 is 73.0 Å². The average Bonchev–Trinajstić information content (AvgIpc) is 1.22. The summed E-state index contributed by atoms with van der Waals surface area (Å²) in [7, 11) is -12.2. The summed E-state index contributed by atoms with van der Waals surface area (Å²) >= 11 is 0. The number of alkyl halides is 3. The fourth-order valence-electron chi connectivity index (χ4n) is 10.2. The van der Waals surface area contributed by atoms with Crippen LogP contribution in [0.15, 0.2) is 29.2 Å². The Kier molecular flexibility index (Phi) is 30.5. The highest BCUT2D eigenvalue weighted by Gasteiger charge is 2.53. The number of nitrogens with one attached hydrogen (secondary N) is 3. The monoisotopic (exact) mass is 1450 g/mol. The molecular weight excluding hydrogens is 1310 g/mol. The lowest BCUT2D eigenvalue weighted by Crippen LogP contribution is -2.55. The van der Waals surface area contributed by atoms with Gasteiger partial charge < -0.3 is 54.8 Å². The van der Waals surface area contributed by atoms with E-state index in [0.717, 1.165) is 128 Å². The minimum atomic E-state index is -4.87. The van der Waals surface area contributed by atoms with Gasteiger partial charge in [-0.25, -0.2) is 8.42 Å². The molecule has 4 atom stereocenters. The van der Waals surface area contributed by atoms with Gasteiger partial charge in [0.1, 0.15) is 0 Å². The van der Waals surface area contributed by atoms with Crippen LogP contribution in [0.2, 0.25) is 54.4 Å². The van der Waals surface area contributed by atoms with Crippen LogP contribution in [0, 0.1) is 27.1 Å². The number of hydrogen-bond acceptors (Lipinski definition) is 18. The summed E-state index contributed by atoms with van der Waals surface area (Å²) in [6.07, 6.45) is 7.17. The van der Waals surface area contributed by atoms with E-state index in [2.05, 4.69) is 141 Å². The van der Waals surface area contributed by atoms with Crippen molar-refractivity contribution in [3.05, 3.63) is 29.8 Å². The molecule has 0 bridgehead atoms. The van der Waals surface area contributed by atoms with E-state index in [0.29, 0.717) is 55.8 Å². The van der Waals surface area contributed by atoms with Gasteiger partial charge in [-0.2, -0.15) is 25.9 Å². The number of aliphatic hydroxyl groups excluding tert-OH is 4. The normalized spacial score (nSPS) is 24.7. The van der Waals surface area contributed by atoms with Gasteiger partial charge in [-0.3, -0.25) is 14.0 Å². The second-order valence-corrected chi connectivity index (χ2v) is 52.7. The Morgan fingerprint density at radius 3 is 1.25 bits per heavy atom. The third kappa shape index (κ3) is 26.9. The number of hydrogen-bond donors (Lipinski definition) is 8. The fourth-order valence-corrected chi connectivity index (χ4v) is 15.6. The molecule has 3 aliphatic heterocycles. The van der Waals surface area contributed by atoms with Crippen LogP contribution in [0.4, 0.5) is 13.2 Å². The molecule has 1 aromatic rings. The maximum Gasteiger partial charge on any atom is 0.421 e. The van der Waals surface area contributed by atoms with Crippen molar-refractivity contribution in [2.24, 2.45) is 27.1 Å². The number of piperazine rings is 3. The molecule has 558 valence electrons. The zero-order valence-corrected chi connectivity index (χ0v) is 67.0. The number of benzene rings is 1. The number of aliphatic hydroxyl groups is 5. The molecule has 5 saturated carbocycles. The van der Waals surface area contributed by atoms with Crippen LogP contribution in [-0.2, 0) is 43.2 Å². The maximum atomic E-state index is 13.0. The largest absolute Gasteiger partial charge is 0.421 e. The first kappa shape index (κ1) is 86.4. The molecule has 0 spiro atoms. The minimum absolute atomic E-state index is 0.0496. The number of halogens is 3. The van der Waals surface area contributed by atoms with Crippen molar-refractivity contribution in [2.45, 2.75) is 243 Å². The molecule has 0 aromatic heterocycles. The van der Waals surface area contributed by atoms with E-state index in [1.807, 2.05) is 0 Å². The maximum absolute atomic E-state index is 13.0. The molecule has 9 rings (SSSR count). The molecule has 0 radical (unpaired) electrons. The molecule has 8 N–H and O–H groups in total. The molecule has 95 heavy (non-hydrogen) atoms. The summed E-state index contributed by atoms with van der Waals surface area (Å²) in [5, 5.41) is 56.3. The highest BCUT2D eigenvalue weighted by molar-refractivity contribution is 7.89. The van der Waals surface area contributed by atoms with E-state index in [4.69, 9.17) is 27.7 Å². The predicted octanol–water partition coefficient (Wildman–Crippen LogP) is 9.87. The molecule has 27 heteroatoms. The minimum Gasteiger partial charge on any atom is -0.416 e.